The zero-order valence-corrected chi connectivity index (χ0v) is 40.0. The number of aromatic nitrogens is 3. The summed E-state index contributed by atoms with van der Waals surface area (Å²) in [5, 5.41) is 23.5. The van der Waals surface area contributed by atoms with E-state index in [9.17, 15) is 5.11 Å². The lowest BCUT2D eigenvalue weighted by Crippen LogP contribution is -2.41. The molecule has 0 amide bonds. The van der Waals surface area contributed by atoms with E-state index in [1.54, 1.807) is 4.80 Å². The maximum Gasteiger partial charge on any atom is 0.120 e. The first-order valence-electron chi connectivity index (χ1n) is 25.4. The Hall–Kier alpha value is -8.60. The van der Waals surface area contributed by atoms with Crippen LogP contribution < -0.4 is 0 Å². The molecule has 0 saturated carbocycles. The number of hydrogen-bond acceptors (Lipinski definition) is 3. The van der Waals surface area contributed by atoms with Crippen LogP contribution in [0.15, 0.2) is 212 Å². The summed E-state index contributed by atoms with van der Waals surface area (Å²) in [6.07, 6.45) is 3.80. The maximum atomic E-state index is 13.4. The fourth-order valence-corrected chi connectivity index (χ4v) is 14.0. The quantitative estimate of drug-likeness (QED) is 0.155. The van der Waals surface area contributed by atoms with Gasteiger partial charge in [-0.3, -0.25) is 0 Å². The van der Waals surface area contributed by atoms with Gasteiger partial charge < -0.3 is 5.11 Å². The average Bonchev–Trinajstić information content (AvgIpc) is 4.27. The fourth-order valence-electron chi connectivity index (χ4n) is 14.0. The van der Waals surface area contributed by atoms with Crippen LogP contribution in [0.1, 0.15) is 85.7 Å². The zero-order chi connectivity index (χ0) is 47.7. The third kappa shape index (κ3) is 5.87. The Kier molecular flexibility index (Phi) is 8.84. The van der Waals surface area contributed by atoms with Crippen LogP contribution in [0, 0.1) is 0 Å². The van der Waals surface area contributed by atoms with E-state index in [1.165, 1.54) is 106 Å². The molecule has 15 rings (SSSR count). The Bertz CT molecular complexity index is 3950. The van der Waals surface area contributed by atoms with E-state index in [0.717, 1.165) is 47.1 Å². The number of fused-ring (bicyclic) bond motifs is 13. The van der Waals surface area contributed by atoms with Crippen molar-refractivity contribution in [1.82, 2.24) is 15.0 Å². The molecule has 1 aromatic heterocycles. The number of benzene rings is 10. The van der Waals surface area contributed by atoms with E-state index in [0.29, 0.717) is 18.6 Å². The predicted molar refractivity (Wildman–Crippen MR) is 290 cm³/mol. The van der Waals surface area contributed by atoms with E-state index in [4.69, 9.17) is 10.2 Å². The summed E-state index contributed by atoms with van der Waals surface area (Å²) in [7, 11) is 0. The third-order valence-electron chi connectivity index (χ3n) is 17.1. The molecule has 0 saturated heterocycles. The van der Waals surface area contributed by atoms with Gasteiger partial charge in [-0.05, 0) is 174 Å². The van der Waals surface area contributed by atoms with Gasteiger partial charge in [-0.25, -0.2) is 0 Å². The minimum Gasteiger partial charge on any atom is -0.508 e. The molecule has 4 aliphatic rings. The lowest BCUT2D eigenvalue weighted by Gasteiger charge is -2.47. The number of phenolic OH excluding ortho intramolecular Hbond substituents is 1. The highest BCUT2D eigenvalue weighted by molar-refractivity contribution is 5.86. The van der Waals surface area contributed by atoms with E-state index in [2.05, 4.69) is 189 Å². The highest BCUT2D eigenvalue weighted by Crippen LogP contribution is 2.60. The van der Waals surface area contributed by atoms with Gasteiger partial charge in [-0.2, -0.15) is 4.80 Å². The molecule has 1 unspecified atom stereocenters. The molecule has 1 N–H and O–H groups in total. The number of rotatable bonds is 8. The SMILES string of the molecule is CC(CC(c1cccc(-n2nc3ccccc3n2)c1)(c1cccc2c1Cc1ccccc1-2)c1c(O)ccc2c1Cc1ccccc1-2)(c1cccc2c1Cc1ccccc1-2)c1cccc2c1Cc1ccccc1-2. The van der Waals surface area contributed by atoms with Gasteiger partial charge in [-0.15, -0.1) is 10.2 Å². The van der Waals surface area contributed by atoms with Crippen LogP contribution in [0.2, 0.25) is 0 Å². The lowest BCUT2D eigenvalue weighted by atomic mass is 9.55. The molecule has 342 valence electrons. The zero-order valence-electron chi connectivity index (χ0n) is 40.0. The van der Waals surface area contributed by atoms with Crippen LogP contribution in [-0.4, -0.2) is 20.1 Å². The molecule has 0 bridgehead atoms. The lowest BCUT2D eigenvalue weighted by molar-refractivity contribution is 0.389. The Morgan fingerprint density at radius 2 is 0.806 bits per heavy atom. The highest BCUT2D eigenvalue weighted by atomic mass is 16.3. The summed E-state index contributed by atoms with van der Waals surface area (Å²) in [5.41, 5.74) is 27.6. The topological polar surface area (TPSA) is 50.9 Å². The van der Waals surface area contributed by atoms with E-state index >= 15 is 0 Å². The first-order valence-corrected chi connectivity index (χ1v) is 25.4. The Morgan fingerprint density at radius 1 is 0.403 bits per heavy atom. The van der Waals surface area contributed by atoms with E-state index < -0.39 is 10.8 Å². The molecule has 4 nitrogen and oxygen atoms in total. The molecule has 72 heavy (non-hydrogen) atoms. The summed E-state index contributed by atoms with van der Waals surface area (Å²) >= 11 is 0. The van der Waals surface area contributed by atoms with Gasteiger partial charge in [0.05, 0.1) is 11.1 Å². The van der Waals surface area contributed by atoms with Gasteiger partial charge in [0.25, 0.3) is 0 Å². The molecule has 1 heterocycles. The van der Waals surface area contributed by atoms with Crippen LogP contribution in [0.4, 0.5) is 0 Å². The summed E-state index contributed by atoms with van der Waals surface area (Å²) < 4.78 is 0. The van der Waals surface area contributed by atoms with Crippen molar-refractivity contribution >= 4 is 11.0 Å². The molecule has 0 aliphatic heterocycles. The van der Waals surface area contributed by atoms with Crippen molar-refractivity contribution in [3.8, 4) is 55.9 Å². The average molecular weight is 924 g/mol. The molecule has 1 atom stereocenters. The van der Waals surface area contributed by atoms with Crippen LogP contribution in [0.5, 0.6) is 5.75 Å². The summed E-state index contributed by atoms with van der Waals surface area (Å²) in [6.45, 7) is 2.54. The monoisotopic (exact) mass is 923 g/mol. The van der Waals surface area contributed by atoms with Crippen molar-refractivity contribution in [3.63, 3.8) is 0 Å². The number of aromatic hydroxyl groups is 1. The highest BCUT2D eigenvalue weighted by Gasteiger charge is 2.51. The van der Waals surface area contributed by atoms with Crippen LogP contribution >= 0.6 is 0 Å². The number of phenols is 1. The Labute approximate surface area is 419 Å². The first kappa shape index (κ1) is 41.2. The molecule has 10 aromatic carbocycles. The number of hydrogen-bond donors (Lipinski definition) is 1. The molecule has 4 aliphatic carbocycles. The smallest absolute Gasteiger partial charge is 0.120 e. The predicted octanol–water partition coefficient (Wildman–Crippen LogP) is 15.1. The Balaban J connectivity index is 1.09. The van der Waals surface area contributed by atoms with E-state index in [-0.39, 0.29) is 0 Å². The standard InChI is InChI=1S/C68H49N3O/c1-67(60-29-13-26-52-48-22-6-2-16-42(48)36-56(52)60,61-30-14-27-53-49-23-7-3-17-43(49)37-57(53)61)41-68(62-31-15-28-54-50-24-8-4-18-44(50)38-58(54)62,66-59-39-45-19-5-9-25-51(45)55(59)34-35-65(66)72)46-20-12-21-47(40-46)71-69-63-32-10-11-33-64(63)70-71/h2-35,40,72H,36-39,41H2,1H3. The van der Waals surface area contributed by atoms with Crippen molar-refractivity contribution in [2.75, 3.05) is 0 Å². The molecule has 0 radical (unpaired) electrons. The minimum absolute atomic E-state index is 0.307. The van der Waals surface area contributed by atoms with Gasteiger partial charge in [0.2, 0.25) is 0 Å². The van der Waals surface area contributed by atoms with E-state index in [1.807, 2.05) is 30.3 Å². The summed E-state index contributed by atoms with van der Waals surface area (Å²) in [5.74, 6) is 0.307. The van der Waals surface area contributed by atoms with Crippen LogP contribution in [0.3, 0.4) is 0 Å². The molecular formula is C68H49N3O. The minimum atomic E-state index is -0.968. The van der Waals surface area contributed by atoms with Crippen molar-refractivity contribution in [1.29, 1.82) is 0 Å². The van der Waals surface area contributed by atoms with Gasteiger partial charge in [0.1, 0.15) is 16.8 Å². The fraction of sp³-hybridized carbons (Fsp3) is 0.118. The summed E-state index contributed by atoms with van der Waals surface area (Å²) in [4.78, 5) is 1.80. The van der Waals surface area contributed by atoms with Crippen molar-refractivity contribution in [2.45, 2.75) is 49.9 Å². The second-order valence-corrected chi connectivity index (χ2v) is 20.8. The summed E-state index contributed by atoms with van der Waals surface area (Å²) in [6, 6.07) is 78.1. The van der Waals surface area contributed by atoms with Crippen LogP contribution in [-0.2, 0) is 36.5 Å². The second kappa shape index (κ2) is 15.4. The van der Waals surface area contributed by atoms with Crippen molar-refractivity contribution in [2.24, 2.45) is 0 Å². The first-order chi connectivity index (χ1) is 35.4. The van der Waals surface area contributed by atoms with Gasteiger partial charge >= 0.3 is 0 Å². The molecule has 0 fully saturated rings. The van der Waals surface area contributed by atoms with Gasteiger partial charge in [0, 0.05) is 11.0 Å². The second-order valence-electron chi connectivity index (χ2n) is 20.8. The molecule has 4 heteroatoms. The normalized spacial score (nSPS) is 14.2. The third-order valence-corrected chi connectivity index (χ3v) is 17.1. The Morgan fingerprint density at radius 3 is 1.32 bits per heavy atom. The molecular weight excluding hydrogens is 875 g/mol. The number of nitrogens with zero attached hydrogens (tertiary/aromatic N) is 3. The maximum absolute atomic E-state index is 13.4. The van der Waals surface area contributed by atoms with Crippen LogP contribution in [0.25, 0.3) is 61.2 Å². The largest absolute Gasteiger partial charge is 0.508 e. The van der Waals surface area contributed by atoms with Gasteiger partial charge in [0.15, 0.2) is 0 Å². The van der Waals surface area contributed by atoms with Crippen molar-refractivity contribution < 1.29 is 5.11 Å². The van der Waals surface area contributed by atoms with Crippen molar-refractivity contribution in [3.05, 3.63) is 285 Å². The molecule has 0 spiro atoms. The van der Waals surface area contributed by atoms with Gasteiger partial charge in [-0.1, -0.05) is 189 Å². The molecule has 11 aromatic rings.